The standard InChI is InChI=1S/C18H25NO2/c1-11(2)10-19-15-8-7-13(18(4,5)6)9-14(15)16(20)12(3)17(19)21/h7-9,11,20H,10H2,1-6H3. The summed E-state index contributed by atoms with van der Waals surface area (Å²) in [5.74, 6) is 0.484. The molecule has 3 heteroatoms. The Kier molecular flexibility index (Phi) is 3.87. The van der Waals surface area contributed by atoms with E-state index in [0.717, 1.165) is 16.5 Å². The average Bonchev–Trinajstić information content (AvgIpc) is 2.39. The molecule has 2 aromatic rings. The van der Waals surface area contributed by atoms with Gasteiger partial charge in [0.1, 0.15) is 5.75 Å². The van der Waals surface area contributed by atoms with Gasteiger partial charge in [0.25, 0.3) is 5.56 Å². The van der Waals surface area contributed by atoms with Gasteiger partial charge in [-0.3, -0.25) is 4.79 Å². The molecule has 0 aliphatic carbocycles. The van der Waals surface area contributed by atoms with Gasteiger partial charge >= 0.3 is 0 Å². The molecule has 0 aliphatic heterocycles. The van der Waals surface area contributed by atoms with Crippen molar-refractivity contribution in [1.82, 2.24) is 4.57 Å². The highest BCUT2D eigenvalue weighted by Crippen LogP contribution is 2.31. The van der Waals surface area contributed by atoms with Crippen LogP contribution in [0.5, 0.6) is 5.75 Å². The monoisotopic (exact) mass is 287 g/mol. The minimum atomic E-state index is -0.0998. The molecule has 0 amide bonds. The molecule has 21 heavy (non-hydrogen) atoms. The van der Waals surface area contributed by atoms with Crippen molar-refractivity contribution in [2.45, 2.75) is 53.5 Å². The van der Waals surface area contributed by atoms with Crippen LogP contribution in [0.3, 0.4) is 0 Å². The highest BCUT2D eigenvalue weighted by Gasteiger charge is 2.18. The number of rotatable bonds is 2. The zero-order chi connectivity index (χ0) is 15.9. The molecule has 1 N–H and O–H groups in total. The Bertz CT molecular complexity index is 733. The smallest absolute Gasteiger partial charge is 0.257 e. The van der Waals surface area contributed by atoms with Crippen LogP contribution in [0.4, 0.5) is 0 Å². The summed E-state index contributed by atoms with van der Waals surface area (Å²) >= 11 is 0. The van der Waals surface area contributed by atoms with Crippen molar-refractivity contribution in [2.24, 2.45) is 5.92 Å². The van der Waals surface area contributed by atoms with Crippen molar-refractivity contribution in [3.8, 4) is 5.75 Å². The first-order valence-corrected chi connectivity index (χ1v) is 7.49. The molecule has 1 aromatic heterocycles. The van der Waals surface area contributed by atoms with E-state index in [4.69, 9.17) is 0 Å². The minimum Gasteiger partial charge on any atom is -0.507 e. The average molecular weight is 287 g/mol. The summed E-state index contributed by atoms with van der Waals surface area (Å²) < 4.78 is 1.78. The molecule has 114 valence electrons. The van der Waals surface area contributed by atoms with Crippen molar-refractivity contribution in [3.05, 3.63) is 39.7 Å². The summed E-state index contributed by atoms with van der Waals surface area (Å²) in [5.41, 5.74) is 2.30. The number of hydrogen-bond donors (Lipinski definition) is 1. The number of aromatic hydroxyl groups is 1. The third kappa shape index (κ3) is 2.82. The number of nitrogens with zero attached hydrogens (tertiary/aromatic N) is 1. The second-order valence-corrected chi connectivity index (χ2v) is 7.27. The third-order valence-electron chi connectivity index (χ3n) is 3.88. The van der Waals surface area contributed by atoms with E-state index in [2.05, 4.69) is 34.6 Å². The molecule has 0 aliphatic rings. The lowest BCUT2D eigenvalue weighted by Crippen LogP contribution is -2.25. The second-order valence-electron chi connectivity index (χ2n) is 7.27. The first-order chi connectivity index (χ1) is 9.62. The third-order valence-corrected chi connectivity index (χ3v) is 3.88. The predicted molar refractivity (Wildman–Crippen MR) is 88.1 cm³/mol. The van der Waals surface area contributed by atoms with Gasteiger partial charge in [-0.2, -0.15) is 0 Å². The van der Waals surface area contributed by atoms with E-state index < -0.39 is 0 Å². The highest BCUT2D eigenvalue weighted by atomic mass is 16.3. The van der Waals surface area contributed by atoms with Crippen LogP contribution < -0.4 is 5.56 Å². The van der Waals surface area contributed by atoms with Gasteiger partial charge in [-0.05, 0) is 36.0 Å². The fourth-order valence-electron chi connectivity index (χ4n) is 2.59. The summed E-state index contributed by atoms with van der Waals surface area (Å²) in [6.45, 7) is 12.9. The molecule has 3 nitrogen and oxygen atoms in total. The van der Waals surface area contributed by atoms with Crippen LogP contribution >= 0.6 is 0 Å². The Morgan fingerprint density at radius 2 is 1.86 bits per heavy atom. The van der Waals surface area contributed by atoms with Crippen LogP contribution in [0.2, 0.25) is 0 Å². The van der Waals surface area contributed by atoms with E-state index in [9.17, 15) is 9.90 Å². The topological polar surface area (TPSA) is 42.2 Å². The fraction of sp³-hybridized carbons (Fsp3) is 0.500. The minimum absolute atomic E-state index is 0.00749. The largest absolute Gasteiger partial charge is 0.507 e. The van der Waals surface area contributed by atoms with Crippen LogP contribution in [0.15, 0.2) is 23.0 Å². The summed E-state index contributed by atoms with van der Waals surface area (Å²) in [7, 11) is 0. The van der Waals surface area contributed by atoms with Gasteiger partial charge in [0.2, 0.25) is 0 Å². The first-order valence-electron chi connectivity index (χ1n) is 7.49. The molecule has 0 bridgehead atoms. The highest BCUT2D eigenvalue weighted by molar-refractivity contribution is 5.87. The SMILES string of the molecule is Cc1c(O)c2cc(C(C)(C)C)ccc2n(CC(C)C)c1=O. The van der Waals surface area contributed by atoms with Gasteiger partial charge < -0.3 is 9.67 Å². The maximum Gasteiger partial charge on any atom is 0.257 e. The van der Waals surface area contributed by atoms with Gasteiger partial charge in [0.15, 0.2) is 0 Å². The fourth-order valence-corrected chi connectivity index (χ4v) is 2.59. The zero-order valence-electron chi connectivity index (χ0n) is 13.8. The molecule has 0 saturated carbocycles. The van der Waals surface area contributed by atoms with Gasteiger partial charge in [-0.1, -0.05) is 40.7 Å². The summed E-state index contributed by atoms with van der Waals surface area (Å²) in [5, 5.41) is 11.1. The lowest BCUT2D eigenvalue weighted by molar-refractivity contribution is 0.468. The molecule has 0 atom stereocenters. The quantitative estimate of drug-likeness (QED) is 0.908. The van der Waals surface area contributed by atoms with Crippen molar-refractivity contribution >= 4 is 10.9 Å². The Labute approximate surface area is 126 Å². The second kappa shape index (κ2) is 5.21. The van der Waals surface area contributed by atoms with Crippen LogP contribution in [0.1, 0.15) is 45.7 Å². The number of aromatic nitrogens is 1. The zero-order valence-corrected chi connectivity index (χ0v) is 13.8. The summed E-state index contributed by atoms with van der Waals surface area (Å²) in [4.78, 5) is 12.4. The Morgan fingerprint density at radius 1 is 1.24 bits per heavy atom. The van der Waals surface area contributed by atoms with E-state index >= 15 is 0 Å². The number of pyridine rings is 1. The van der Waals surface area contributed by atoms with Gasteiger partial charge in [0, 0.05) is 11.9 Å². The van der Waals surface area contributed by atoms with E-state index in [0.29, 0.717) is 18.0 Å². The van der Waals surface area contributed by atoms with Gasteiger partial charge in [0.05, 0.1) is 11.1 Å². The predicted octanol–water partition coefficient (Wildman–Crippen LogP) is 3.97. The first kappa shape index (κ1) is 15.6. The number of fused-ring (bicyclic) bond motifs is 1. The van der Waals surface area contributed by atoms with Crippen LogP contribution in [0, 0.1) is 12.8 Å². The van der Waals surface area contributed by atoms with E-state index in [1.807, 2.05) is 18.2 Å². The van der Waals surface area contributed by atoms with Crippen LogP contribution in [-0.4, -0.2) is 9.67 Å². The molecule has 0 unspecified atom stereocenters. The number of hydrogen-bond acceptors (Lipinski definition) is 2. The normalized spacial score (nSPS) is 12.3. The van der Waals surface area contributed by atoms with Crippen LogP contribution in [0.25, 0.3) is 10.9 Å². The summed E-state index contributed by atoms with van der Waals surface area (Å²) in [6.07, 6.45) is 0. The van der Waals surface area contributed by atoms with Crippen LogP contribution in [-0.2, 0) is 12.0 Å². The lowest BCUT2D eigenvalue weighted by atomic mass is 9.86. The molecule has 0 fully saturated rings. The molecule has 1 aromatic carbocycles. The maximum absolute atomic E-state index is 12.4. The Balaban J connectivity index is 2.84. The van der Waals surface area contributed by atoms with Crippen molar-refractivity contribution in [2.75, 3.05) is 0 Å². The van der Waals surface area contributed by atoms with E-state index in [1.165, 1.54) is 0 Å². The van der Waals surface area contributed by atoms with Crippen molar-refractivity contribution < 1.29 is 5.11 Å². The van der Waals surface area contributed by atoms with E-state index in [1.54, 1.807) is 11.5 Å². The molecule has 0 spiro atoms. The van der Waals surface area contributed by atoms with E-state index in [-0.39, 0.29) is 16.7 Å². The summed E-state index contributed by atoms with van der Waals surface area (Å²) in [6, 6.07) is 6.01. The molecule has 0 saturated heterocycles. The Hall–Kier alpha value is -1.77. The molecule has 2 rings (SSSR count). The molecular formula is C18H25NO2. The Morgan fingerprint density at radius 3 is 2.38 bits per heavy atom. The molecule has 1 heterocycles. The van der Waals surface area contributed by atoms with Gasteiger partial charge in [-0.25, -0.2) is 0 Å². The van der Waals surface area contributed by atoms with Crippen molar-refractivity contribution in [1.29, 1.82) is 0 Å². The number of benzene rings is 1. The molecular weight excluding hydrogens is 262 g/mol. The lowest BCUT2D eigenvalue weighted by Gasteiger charge is -2.21. The van der Waals surface area contributed by atoms with Crippen molar-refractivity contribution in [3.63, 3.8) is 0 Å². The molecule has 0 radical (unpaired) electrons. The maximum atomic E-state index is 12.4. The van der Waals surface area contributed by atoms with Gasteiger partial charge in [-0.15, -0.1) is 0 Å².